The van der Waals surface area contributed by atoms with Gasteiger partial charge in [-0.2, -0.15) is 0 Å². The Morgan fingerprint density at radius 1 is 1.53 bits per heavy atom. The number of amides is 1. The van der Waals surface area contributed by atoms with Crippen LogP contribution in [0.3, 0.4) is 0 Å². The zero-order valence-corrected chi connectivity index (χ0v) is 11.0. The summed E-state index contributed by atoms with van der Waals surface area (Å²) in [6.45, 7) is 4.23. The lowest BCUT2D eigenvalue weighted by Gasteiger charge is -2.23. The van der Waals surface area contributed by atoms with E-state index in [1.807, 2.05) is 0 Å². The molecule has 1 saturated carbocycles. The lowest BCUT2D eigenvalue weighted by atomic mass is 10.0. The molecule has 1 saturated heterocycles. The molecular formula is C12H19N5O2. The van der Waals surface area contributed by atoms with Gasteiger partial charge in [0.15, 0.2) is 0 Å². The van der Waals surface area contributed by atoms with E-state index in [0.717, 1.165) is 32.4 Å². The van der Waals surface area contributed by atoms with Gasteiger partial charge < -0.3 is 15.1 Å². The van der Waals surface area contributed by atoms with Crippen LogP contribution >= 0.6 is 0 Å². The number of anilines is 1. The predicted molar refractivity (Wildman–Crippen MR) is 68.8 cm³/mol. The summed E-state index contributed by atoms with van der Waals surface area (Å²) in [5.74, 6) is 0.883. The van der Waals surface area contributed by atoms with Crippen LogP contribution in [-0.4, -0.2) is 41.3 Å². The maximum atomic E-state index is 11.8. The minimum Gasteiger partial charge on any atom is -0.408 e. The first-order valence-electron chi connectivity index (χ1n) is 6.74. The summed E-state index contributed by atoms with van der Waals surface area (Å²) in [6.07, 6.45) is 3.22. The molecule has 19 heavy (non-hydrogen) atoms. The van der Waals surface area contributed by atoms with E-state index in [9.17, 15) is 4.79 Å². The van der Waals surface area contributed by atoms with Gasteiger partial charge in [0.25, 0.3) is 0 Å². The topological polar surface area (TPSA) is 92.1 Å². The monoisotopic (exact) mass is 265 g/mol. The molecule has 2 fully saturated rings. The molecule has 1 aromatic rings. The van der Waals surface area contributed by atoms with Crippen molar-refractivity contribution in [1.82, 2.24) is 20.8 Å². The van der Waals surface area contributed by atoms with Crippen molar-refractivity contribution >= 4 is 11.9 Å². The van der Waals surface area contributed by atoms with Gasteiger partial charge in [-0.1, -0.05) is 5.10 Å². The van der Waals surface area contributed by atoms with E-state index in [1.54, 1.807) is 0 Å². The molecule has 1 aromatic heterocycles. The summed E-state index contributed by atoms with van der Waals surface area (Å²) in [6, 6.07) is 0.198. The minimum atomic E-state index is -0.154. The molecule has 1 amide bonds. The minimum absolute atomic E-state index is 0.00858. The zero-order valence-electron chi connectivity index (χ0n) is 11.0. The number of rotatable bonds is 5. The standard InChI is InChI=1S/C12H19N5O2/c1-12(4-5-13-7-12)14-6-9(18)15-11-17-16-10(19-11)8-2-3-8/h8,13-14H,2-7H2,1H3,(H,15,17,18). The maximum absolute atomic E-state index is 11.8. The van der Waals surface area contributed by atoms with E-state index in [1.165, 1.54) is 0 Å². The van der Waals surface area contributed by atoms with Crippen molar-refractivity contribution in [2.75, 3.05) is 25.0 Å². The normalized spacial score (nSPS) is 26.6. The Kier molecular flexibility index (Phi) is 3.24. The van der Waals surface area contributed by atoms with Crippen LogP contribution in [0.25, 0.3) is 0 Å². The highest BCUT2D eigenvalue weighted by molar-refractivity contribution is 5.90. The average molecular weight is 265 g/mol. The van der Waals surface area contributed by atoms with Crippen LogP contribution in [0.2, 0.25) is 0 Å². The number of carbonyl (C=O) groups is 1. The smallest absolute Gasteiger partial charge is 0.322 e. The van der Waals surface area contributed by atoms with Gasteiger partial charge in [-0.05, 0) is 32.7 Å². The van der Waals surface area contributed by atoms with Gasteiger partial charge in [-0.15, -0.1) is 5.10 Å². The van der Waals surface area contributed by atoms with Gasteiger partial charge in [0.1, 0.15) is 0 Å². The number of carbonyl (C=O) groups excluding carboxylic acids is 1. The Labute approximate surface area is 111 Å². The van der Waals surface area contributed by atoms with Gasteiger partial charge in [0.05, 0.1) is 6.54 Å². The highest BCUT2D eigenvalue weighted by atomic mass is 16.4. The van der Waals surface area contributed by atoms with Crippen molar-refractivity contribution in [3.05, 3.63) is 5.89 Å². The number of hydrogen-bond donors (Lipinski definition) is 3. The quantitative estimate of drug-likeness (QED) is 0.705. The van der Waals surface area contributed by atoms with E-state index in [4.69, 9.17) is 4.42 Å². The van der Waals surface area contributed by atoms with Crippen LogP contribution in [0, 0.1) is 0 Å². The number of aromatic nitrogens is 2. The van der Waals surface area contributed by atoms with E-state index in [0.29, 0.717) is 11.8 Å². The molecule has 0 aromatic carbocycles. The first-order chi connectivity index (χ1) is 9.15. The molecule has 1 aliphatic carbocycles. The Morgan fingerprint density at radius 3 is 3.05 bits per heavy atom. The summed E-state index contributed by atoms with van der Waals surface area (Å²) < 4.78 is 5.38. The Balaban J connectivity index is 1.47. The van der Waals surface area contributed by atoms with Crippen LogP contribution in [0.4, 0.5) is 6.01 Å². The molecule has 3 rings (SSSR count). The summed E-state index contributed by atoms with van der Waals surface area (Å²) >= 11 is 0. The SMILES string of the molecule is CC1(NCC(=O)Nc2nnc(C3CC3)o2)CCNC1. The lowest BCUT2D eigenvalue weighted by molar-refractivity contribution is -0.115. The van der Waals surface area contributed by atoms with Crippen molar-refractivity contribution in [2.45, 2.75) is 37.6 Å². The summed E-state index contributed by atoms with van der Waals surface area (Å²) in [4.78, 5) is 11.8. The van der Waals surface area contributed by atoms with Crippen molar-refractivity contribution in [1.29, 1.82) is 0 Å². The number of nitrogens with zero attached hydrogens (tertiary/aromatic N) is 2. The molecule has 0 spiro atoms. The molecule has 7 heteroatoms. The second-order valence-corrected chi connectivity index (χ2v) is 5.61. The molecule has 104 valence electrons. The summed E-state index contributed by atoms with van der Waals surface area (Å²) in [5, 5.41) is 16.9. The van der Waals surface area contributed by atoms with Crippen molar-refractivity contribution in [2.24, 2.45) is 0 Å². The summed E-state index contributed by atoms with van der Waals surface area (Å²) in [5.41, 5.74) is -0.00858. The average Bonchev–Trinajstić information content (AvgIpc) is 2.99. The molecule has 2 aliphatic rings. The molecule has 1 aliphatic heterocycles. The van der Waals surface area contributed by atoms with Crippen molar-refractivity contribution in [3.63, 3.8) is 0 Å². The zero-order chi connectivity index (χ0) is 13.3. The molecular weight excluding hydrogens is 246 g/mol. The molecule has 3 N–H and O–H groups in total. The van der Waals surface area contributed by atoms with Crippen LogP contribution < -0.4 is 16.0 Å². The number of hydrogen-bond acceptors (Lipinski definition) is 6. The third kappa shape index (κ3) is 3.10. The van der Waals surface area contributed by atoms with Crippen LogP contribution in [0.15, 0.2) is 4.42 Å². The molecule has 7 nitrogen and oxygen atoms in total. The molecule has 0 bridgehead atoms. The Hall–Kier alpha value is -1.47. The van der Waals surface area contributed by atoms with Gasteiger partial charge >= 0.3 is 6.01 Å². The van der Waals surface area contributed by atoms with E-state index in [2.05, 4.69) is 33.1 Å². The fourth-order valence-electron chi connectivity index (χ4n) is 2.21. The molecule has 2 heterocycles. The van der Waals surface area contributed by atoms with E-state index < -0.39 is 0 Å². The second-order valence-electron chi connectivity index (χ2n) is 5.61. The first-order valence-corrected chi connectivity index (χ1v) is 6.74. The highest BCUT2D eigenvalue weighted by Gasteiger charge is 2.30. The Bertz CT molecular complexity index is 462. The van der Waals surface area contributed by atoms with Crippen LogP contribution in [-0.2, 0) is 4.79 Å². The van der Waals surface area contributed by atoms with Gasteiger partial charge in [-0.3, -0.25) is 10.1 Å². The van der Waals surface area contributed by atoms with E-state index >= 15 is 0 Å². The molecule has 1 unspecified atom stereocenters. The third-order valence-corrected chi connectivity index (χ3v) is 3.66. The Morgan fingerprint density at radius 2 is 2.37 bits per heavy atom. The highest BCUT2D eigenvalue weighted by Crippen LogP contribution is 2.39. The first kappa shape index (κ1) is 12.6. The third-order valence-electron chi connectivity index (χ3n) is 3.66. The van der Waals surface area contributed by atoms with Gasteiger partial charge in [-0.25, -0.2) is 0 Å². The van der Waals surface area contributed by atoms with Crippen LogP contribution in [0.1, 0.15) is 38.0 Å². The fraction of sp³-hybridized carbons (Fsp3) is 0.750. The predicted octanol–water partition coefficient (Wildman–Crippen LogP) is 0.227. The number of nitrogens with one attached hydrogen (secondary N) is 3. The lowest BCUT2D eigenvalue weighted by Crippen LogP contribution is -2.47. The second kappa shape index (κ2) is 4.90. The maximum Gasteiger partial charge on any atom is 0.322 e. The molecule has 0 radical (unpaired) electrons. The fourth-order valence-corrected chi connectivity index (χ4v) is 2.21. The van der Waals surface area contributed by atoms with E-state index in [-0.39, 0.29) is 24.0 Å². The van der Waals surface area contributed by atoms with Crippen molar-refractivity contribution in [3.8, 4) is 0 Å². The van der Waals surface area contributed by atoms with Gasteiger partial charge in [0.2, 0.25) is 11.8 Å². The van der Waals surface area contributed by atoms with Crippen LogP contribution in [0.5, 0.6) is 0 Å². The summed E-state index contributed by atoms with van der Waals surface area (Å²) in [7, 11) is 0. The van der Waals surface area contributed by atoms with Gasteiger partial charge in [0, 0.05) is 18.0 Å². The molecule has 1 atom stereocenters. The van der Waals surface area contributed by atoms with Crippen molar-refractivity contribution < 1.29 is 9.21 Å². The largest absolute Gasteiger partial charge is 0.408 e.